The Hall–Kier alpha value is -3.20. The van der Waals surface area contributed by atoms with Gasteiger partial charge in [-0.15, -0.1) is 0 Å². The molecule has 5 rings (SSSR count). The Balaban J connectivity index is 1.54. The molecule has 1 amide bonds. The number of hydrogen-bond acceptors (Lipinski definition) is 5. The van der Waals surface area contributed by atoms with Gasteiger partial charge in [0.05, 0.1) is 28.4 Å². The number of alkyl halides is 3. The van der Waals surface area contributed by atoms with Crippen LogP contribution in [0.15, 0.2) is 42.6 Å². The maximum Gasteiger partial charge on any atom is 0.418 e. The summed E-state index contributed by atoms with van der Waals surface area (Å²) in [5.41, 5.74) is 4.42. The molecule has 0 atom stereocenters. The van der Waals surface area contributed by atoms with Crippen LogP contribution in [0.3, 0.4) is 0 Å². The van der Waals surface area contributed by atoms with Gasteiger partial charge in [-0.05, 0) is 55.1 Å². The van der Waals surface area contributed by atoms with Gasteiger partial charge in [0.15, 0.2) is 0 Å². The Bertz CT molecular complexity index is 1310. The highest BCUT2D eigenvalue weighted by molar-refractivity contribution is 6.08. The summed E-state index contributed by atoms with van der Waals surface area (Å²) in [5.74, 6) is -0.0346. The molecule has 1 spiro atoms. The highest BCUT2D eigenvalue weighted by Gasteiger charge is 2.57. The third-order valence-electron chi connectivity index (χ3n) is 6.14. The zero-order valence-electron chi connectivity index (χ0n) is 19.2. The van der Waals surface area contributed by atoms with Crippen molar-refractivity contribution in [3.63, 3.8) is 0 Å². The molecule has 1 fully saturated rings. The first-order valence-electron chi connectivity index (χ1n) is 11.2. The minimum atomic E-state index is -4.56. The van der Waals surface area contributed by atoms with Crippen molar-refractivity contribution in [1.82, 2.24) is 9.97 Å². The molecule has 0 radical (unpaired) electrons. The molecule has 31 heavy (non-hydrogen) atoms. The standard InChI is InChI=1S/C22H20F3N5O/c1-30-16-11-27-18(7-15(16)21(20(30)31)8-12(9-21)10-26)28-17-6-5-13-3-2-4-14(19(13)29-17)22(23,24)25/h2-7,11-12H,8-10,26H2,1H3,(H,27,28,29)/i1D3. The van der Waals surface area contributed by atoms with Crippen molar-refractivity contribution in [3.8, 4) is 0 Å². The van der Waals surface area contributed by atoms with Crippen molar-refractivity contribution >= 4 is 34.1 Å². The van der Waals surface area contributed by atoms with E-state index >= 15 is 0 Å². The number of nitrogens with zero attached hydrogens (tertiary/aromatic N) is 3. The molecule has 2 aliphatic rings. The summed E-state index contributed by atoms with van der Waals surface area (Å²) in [7, 11) is 0. The van der Waals surface area contributed by atoms with E-state index in [0.717, 1.165) is 11.0 Å². The van der Waals surface area contributed by atoms with Crippen molar-refractivity contribution < 1.29 is 22.1 Å². The number of rotatable bonds is 3. The largest absolute Gasteiger partial charge is 0.418 e. The van der Waals surface area contributed by atoms with Crippen molar-refractivity contribution in [3.05, 3.63) is 53.7 Å². The van der Waals surface area contributed by atoms with Gasteiger partial charge in [-0.25, -0.2) is 9.97 Å². The number of amides is 1. The quantitative estimate of drug-likeness (QED) is 0.657. The predicted molar refractivity (Wildman–Crippen MR) is 111 cm³/mol. The van der Waals surface area contributed by atoms with E-state index in [1.165, 1.54) is 30.5 Å². The monoisotopic (exact) mass is 430 g/mol. The van der Waals surface area contributed by atoms with Crippen LogP contribution in [-0.2, 0) is 16.4 Å². The summed E-state index contributed by atoms with van der Waals surface area (Å²) in [4.78, 5) is 22.3. The second-order valence-corrected chi connectivity index (χ2v) is 8.02. The number of hydrogen-bond donors (Lipinski definition) is 2. The zero-order valence-corrected chi connectivity index (χ0v) is 16.2. The summed E-state index contributed by atoms with van der Waals surface area (Å²) < 4.78 is 63.7. The summed E-state index contributed by atoms with van der Waals surface area (Å²) in [6.45, 7) is -2.29. The lowest BCUT2D eigenvalue weighted by atomic mass is 9.59. The topological polar surface area (TPSA) is 84.1 Å². The molecule has 1 aromatic carbocycles. The minimum absolute atomic E-state index is 0.0980. The van der Waals surface area contributed by atoms with E-state index in [2.05, 4.69) is 15.3 Å². The predicted octanol–water partition coefficient (Wildman–Crippen LogP) is 3.98. The number of likely N-dealkylation sites (N-methyl/N-ethyl adjacent to an activating group) is 1. The molecule has 3 N–H and O–H groups in total. The molecule has 3 aromatic rings. The lowest BCUT2D eigenvalue weighted by Gasteiger charge is -2.43. The fraction of sp³-hybridized carbons (Fsp3) is 0.318. The fourth-order valence-electron chi connectivity index (χ4n) is 4.58. The van der Waals surface area contributed by atoms with E-state index in [4.69, 9.17) is 9.85 Å². The van der Waals surface area contributed by atoms with Gasteiger partial charge >= 0.3 is 6.18 Å². The first-order chi connectivity index (χ1) is 15.9. The number of nitrogens with one attached hydrogen (secondary N) is 1. The van der Waals surface area contributed by atoms with Crippen LogP contribution in [0, 0.1) is 5.92 Å². The lowest BCUT2D eigenvalue weighted by molar-refractivity contribution is -0.136. The number of pyridine rings is 2. The molecule has 1 saturated carbocycles. The Morgan fingerprint density at radius 2 is 2.10 bits per heavy atom. The van der Waals surface area contributed by atoms with Crippen LogP contribution >= 0.6 is 0 Å². The second kappa shape index (κ2) is 6.65. The van der Waals surface area contributed by atoms with Crippen LogP contribution < -0.4 is 16.0 Å². The van der Waals surface area contributed by atoms with Gasteiger partial charge < -0.3 is 16.0 Å². The van der Waals surface area contributed by atoms with Gasteiger partial charge in [-0.2, -0.15) is 13.2 Å². The van der Waals surface area contributed by atoms with Crippen molar-refractivity contribution in [2.45, 2.75) is 24.4 Å². The Kier molecular flexibility index (Phi) is 3.54. The van der Waals surface area contributed by atoms with Crippen molar-refractivity contribution in [1.29, 1.82) is 0 Å². The molecular formula is C22H20F3N5O. The number of fused-ring (bicyclic) bond motifs is 3. The first kappa shape index (κ1) is 16.5. The number of para-hydroxylation sites is 1. The molecule has 1 aliphatic carbocycles. The smallest absolute Gasteiger partial charge is 0.330 e. The number of aromatic nitrogens is 2. The van der Waals surface area contributed by atoms with Gasteiger partial charge in [0.25, 0.3) is 0 Å². The molecule has 0 unspecified atom stereocenters. The number of benzene rings is 1. The van der Waals surface area contributed by atoms with E-state index in [9.17, 15) is 18.0 Å². The molecule has 3 heterocycles. The van der Waals surface area contributed by atoms with E-state index in [1.54, 1.807) is 6.07 Å². The number of anilines is 3. The molecule has 0 saturated heterocycles. The Morgan fingerprint density at radius 3 is 2.81 bits per heavy atom. The summed E-state index contributed by atoms with van der Waals surface area (Å²) in [6.07, 6.45) is -2.41. The van der Waals surface area contributed by atoms with Crippen LogP contribution in [0.2, 0.25) is 0 Å². The van der Waals surface area contributed by atoms with Gasteiger partial charge in [0.2, 0.25) is 5.91 Å². The number of nitrogens with two attached hydrogens (primary N) is 1. The van der Waals surface area contributed by atoms with Gasteiger partial charge in [-0.1, -0.05) is 12.1 Å². The number of halogens is 3. The van der Waals surface area contributed by atoms with Crippen LogP contribution in [0.1, 0.15) is 28.1 Å². The molecule has 2 aromatic heterocycles. The van der Waals surface area contributed by atoms with Crippen LogP contribution in [0.4, 0.5) is 30.5 Å². The molecule has 9 heteroatoms. The first-order valence-corrected chi connectivity index (χ1v) is 9.73. The van der Waals surface area contributed by atoms with Crippen molar-refractivity contribution in [2.24, 2.45) is 11.7 Å². The van der Waals surface area contributed by atoms with Crippen LogP contribution in [0.25, 0.3) is 10.9 Å². The number of carbonyl (C=O) groups excluding carboxylic acids is 1. The summed E-state index contributed by atoms with van der Waals surface area (Å²) in [5, 5.41) is 3.23. The molecule has 1 aliphatic heterocycles. The molecule has 6 nitrogen and oxygen atoms in total. The maximum atomic E-state index is 13.4. The average Bonchev–Trinajstić information content (AvgIpc) is 2.99. The molecule has 0 bridgehead atoms. The average molecular weight is 430 g/mol. The zero-order chi connectivity index (χ0) is 24.5. The Morgan fingerprint density at radius 1 is 1.29 bits per heavy atom. The van der Waals surface area contributed by atoms with Gasteiger partial charge in [-0.3, -0.25) is 4.79 Å². The van der Waals surface area contributed by atoms with E-state index in [0.29, 0.717) is 30.3 Å². The summed E-state index contributed by atoms with van der Waals surface area (Å²) in [6, 6.07) is 8.46. The SMILES string of the molecule is [2H]C([2H])([2H])N1C(=O)C2(CC(CN)C2)c2cc(Nc3ccc4cccc(C(F)(F)F)c4n3)ncc21. The highest BCUT2D eigenvalue weighted by Crippen LogP contribution is 2.55. The van der Waals surface area contributed by atoms with Crippen LogP contribution in [-0.4, -0.2) is 29.4 Å². The lowest BCUT2D eigenvalue weighted by Crippen LogP contribution is -2.50. The van der Waals surface area contributed by atoms with E-state index in [1.807, 2.05) is 0 Å². The fourth-order valence-corrected chi connectivity index (χ4v) is 4.58. The van der Waals surface area contributed by atoms with E-state index in [-0.39, 0.29) is 28.8 Å². The van der Waals surface area contributed by atoms with Crippen molar-refractivity contribution in [2.75, 3.05) is 23.7 Å². The van der Waals surface area contributed by atoms with Crippen LogP contribution in [0.5, 0.6) is 0 Å². The number of carbonyl (C=O) groups is 1. The normalized spacial score (nSPS) is 24.5. The third-order valence-corrected chi connectivity index (χ3v) is 6.14. The van der Waals surface area contributed by atoms with Gasteiger partial charge in [0, 0.05) is 16.5 Å². The highest BCUT2D eigenvalue weighted by atomic mass is 19.4. The molecular weight excluding hydrogens is 407 g/mol. The minimum Gasteiger partial charge on any atom is -0.330 e. The Labute approximate surface area is 180 Å². The third kappa shape index (κ3) is 2.95. The summed E-state index contributed by atoms with van der Waals surface area (Å²) >= 11 is 0. The second-order valence-electron chi connectivity index (χ2n) is 8.02. The maximum absolute atomic E-state index is 13.4. The van der Waals surface area contributed by atoms with E-state index < -0.39 is 30.0 Å². The molecule has 160 valence electrons. The van der Waals surface area contributed by atoms with Gasteiger partial charge in [0.1, 0.15) is 11.6 Å².